The number of amides is 1. The highest BCUT2D eigenvalue weighted by atomic mass is 32.2. The Labute approximate surface area is 118 Å². The van der Waals surface area contributed by atoms with E-state index in [9.17, 15) is 4.79 Å². The van der Waals surface area contributed by atoms with Gasteiger partial charge in [-0.2, -0.15) is 24.4 Å². The van der Waals surface area contributed by atoms with Crippen LogP contribution in [0, 0.1) is 0 Å². The molecule has 0 aliphatic carbocycles. The van der Waals surface area contributed by atoms with Crippen LogP contribution in [0.3, 0.4) is 0 Å². The van der Waals surface area contributed by atoms with Gasteiger partial charge in [-0.3, -0.25) is 4.79 Å². The van der Waals surface area contributed by atoms with Crippen molar-refractivity contribution in [2.45, 2.75) is 30.6 Å². The second-order valence-corrected chi connectivity index (χ2v) is 6.45. The number of nitrogens with one attached hydrogen (secondary N) is 1. The van der Waals surface area contributed by atoms with E-state index in [1.54, 1.807) is 0 Å². The number of carbonyl (C=O) groups excluding carboxylic acids is 1. The molecular weight excluding hydrogens is 262 g/mol. The van der Waals surface area contributed by atoms with Gasteiger partial charge in [0.1, 0.15) is 0 Å². The topological polar surface area (TPSA) is 29.1 Å². The average Bonchev–Trinajstić information content (AvgIpc) is 2.41. The molecule has 0 radical (unpaired) electrons. The van der Waals surface area contributed by atoms with E-state index in [2.05, 4.69) is 17.9 Å². The highest BCUT2D eigenvalue weighted by molar-refractivity contribution is 7.99. The number of rotatable bonds is 4. The van der Waals surface area contributed by atoms with E-state index in [0.717, 1.165) is 29.9 Å². The van der Waals surface area contributed by atoms with Gasteiger partial charge >= 0.3 is 0 Å². The van der Waals surface area contributed by atoms with Gasteiger partial charge < -0.3 is 5.32 Å². The summed E-state index contributed by atoms with van der Waals surface area (Å²) in [7, 11) is 0. The summed E-state index contributed by atoms with van der Waals surface area (Å²) >= 11 is 6.39. The van der Waals surface area contributed by atoms with Crippen molar-refractivity contribution in [1.82, 2.24) is 5.32 Å². The SMILES string of the molecule is O=C(NC1CCSCC1)C(S)Cc1ccccc1. The fraction of sp³-hybridized carbons (Fsp3) is 0.500. The fourth-order valence-corrected chi connectivity index (χ4v) is 3.46. The van der Waals surface area contributed by atoms with Crippen LogP contribution < -0.4 is 5.32 Å². The van der Waals surface area contributed by atoms with Crippen molar-refractivity contribution in [2.75, 3.05) is 11.5 Å². The summed E-state index contributed by atoms with van der Waals surface area (Å²) in [5.41, 5.74) is 1.16. The van der Waals surface area contributed by atoms with E-state index in [4.69, 9.17) is 0 Å². The molecule has 1 aromatic rings. The molecule has 98 valence electrons. The van der Waals surface area contributed by atoms with Crippen molar-refractivity contribution in [3.05, 3.63) is 35.9 Å². The van der Waals surface area contributed by atoms with E-state index >= 15 is 0 Å². The van der Waals surface area contributed by atoms with Crippen molar-refractivity contribution in [3.8, 4) is 0 Å². The molecule has 1 amide bonds. The molecule has 0 saturated carbocycles. The van der Waals surface area contributed by atoms with Crippen LogP contribution in [-0.2, 0) is 11.2 Å². The Balaban J connectivity index is 1.81. The minimum atomic E-state index is -0.248. The third-order valence-corrected chi connectivity index (χ3v) is 4.61. The van der Waals surface area contributed by atoms with Crippen LogP contribution in [0.15, 0.2) is 30.3 Å². The summed E-state index contributed by atoms with van der Waals surface area (Å²) in [5, 5.41) is 2.86. The predicted octanol–water partition coefficient (Wildman–Crippen LogP) is 2.54. The molecule has 2 nitrogen and oxygen atoms in total. The van der Waals surface area contributed by atoms with E-state index in [1.165, 1.54) is 0 Å². The number of hydrogen-bond donors (Lipinski definition) is 2. The smallest absolute Gasteiger partial charge is 0.233 e. The summed E-state index contributed by atoms with van der Waals surface area (Å²) < 4.78 is 0. The molecule has 1 fully saturated rings. The maximum Gasteiger partial charge on any atom is 0.233 e. The van der Waals surface area contributed by atoms with E-state index in [1.807, 2.05) is 42.1 Å². The first-order valence-corrected chi connectivity index (χ1v) is 8.03. The third kappa shape index (κ3) is 4.25. The molecule has 0 bridgehead atoms. The lowest BCUT2D eigenvalue weighted by Gasteiger charge is -2.24. The standard InChI is InChI=1S/C14H19NOS2/c16-14(15-12-6-8-18-9-7-12)13(17)10-11-4-2-1-3-5-11/h1-5,12-13,17H,6-10H2,(H,15,16). The molecule has 1 N–H and O–H groups in total. The zero-order valence-electron chi connectivity index (χ0n) is 10.3. The summed E-state index contributed by atoms with van der Waals surface area (Å²) in [6.45, 7) is 0. The van der Waals surface area contributed by atoms with Gasteiger partial charge in [0.2, 0.25) is 5.91 Å². The van der Waals surface area contributed by atoms with Gasteiger partial charge in [-0.1, -0.05) is 30.3 Å². The Hall–Kier alpha value is -0.610. The lowest BCUT2D eigenvalue weighted by atomic mass is 10.1. The van der Waals surface area contributed by atoms with E-state index in [0.29, 0.717) is 12.5 Å². The highest BCUT2D eigenvalue weighted by Gasteiger charge is 2.20. The van der Waals surface area contributed by atoms with Crippen LogP contribution in [0.4, 0.5) is 0 Å². The van der Waals surface area contributed by atoms with Gasteiger partial charge in [0, 0.05) is 6.04 Å². The number of benzene rings is 1. The maximum atomic E-state index is 12.0. The number of hydrogen-bond acceptors (Lipinski definition) is 3. The number of thiol groups is 1. The second-order valence-electron chi connectivity index (χ2n) is 4.60. The van der Waals surface area contributed by atoms with Gasteiger partial charge in [-0.15, -0.1) is 0 Å². The van der Waals surface area contributed by atoms with Crippen LogP contribution in [0.5, 0.6) is 0 Å². The lowest BCUT2D eigenvalue weighted by molar-refractivity contribution is -0.121. The summed E-state index contributed by atoms with van der Waals surface area (Å²) in [5.74, 6) is 2.38. The first-order valence-electron chi connectivity index (χ1n) is 6.36. The Morgan fingerprint density at radius 3 is 2.67 bits per heavy atom. The largest absolute Gasteiger partial charge is 0.352 e. The second kappa shape index (κ2) is 7.10. The summed E-state index contributed by atoms with van der Waals surface area (Å²) in [6, 6.07) is 10.4. The lowest BCUT2D eigenvalue weighted by Crippen LogP contribution is -2.42. The predicted molar refractivity (Wildman–Crippen MR) is 81.4 cm³/mol. The Morgan fingerprint density at radius 2 is 2.00 bits per heavy atom. The molecule has 1 heterocycles. The van der Waals surface area contributed by atoms with Crippen molar-refractivity contribution in [3.63, 3.8) is 0 Å². The molecule has 1 aromatic carbocycles. The summed E-state index contributed by atoms with van der Waals surface area (Å²) in [4.78, 5) is 12.0. The molecule has 1 atom stereocenters. The first-order chi connectivity index (χ1) is 8.75. The zero-order chi connectivity index (χ0) is 12.8. The van der Waals surface area contributed by atoms with Crippen LogP contribution in [0.25, 0.3) is 0 Å². The quantitative estimate of drug-likeness (QED) is 0.831. The van der Waals surface area contributed by atoms with Crippen LogP contribution in [0.1, 0.15) is 18.4 Å². The monoisotopic (exact) mass is 281 g/mol. The molecule has 1 aliphatic rings. The number of carbonyl (C=O) groups is 1. The van der Waals surface area contributed by atoms with Crippen LogP contribution >= 0.6 is 24.4 Å². The zero-order valence-corrected chi connectivity index (χ0v) is 12.1. The van der Waals surface area contributed by atoms with Gasteiger partial charge in [-0.25, -0.2) is 0 Å². The number of thioether (sulfide) groups is 1. The third-order valence-electron chi connectivity index (χ3n) is 3.14. The molecule has 1 unspecified atom stereocenters. The molecule has 18 heavy (non-hydrogen) atoms. The minimum absolute atomic E-state index is 0.0686. The maximum absolute atomic E-state index is 12.0. The molecule has 0 spiro atoms. The van der Waals surface area contributed by atoms with Crippen molar-refractivity contribution in [1.29, 1.82) is 0 Å². The highest BCUT2D eigenvalue weighted by Crippen LogP contribution is 2.17. The van der Waals surface area contributed by atoms with Crippen LogP contribution in [0.2, 0.25) is 0 Å². The van der Waals surface area contributed by atoms with Gasteiger partial charge in [0.25, 0.3) is 0 Å². The first kappa shape index (κ1) is 13.8. The van der Waals surface area contributed by atoms with Gasteiger partial charge in [0.05, 0.1) is 5.25 Å². The average molecular weight is 281 g/mol. The van der Waals surface area contributed by atoms with Crippen molar-refractivity contribution < 1.29 is 4.79 Å². The van der Waals surface area contributed by atoms with Gasteiger partial charge in [0.15, 0.2) is 0 Å². The Bertz CT molecular complexity index is 377. The Morgan fingerprint density at radius 1 is 1.33 bits per heavy atom. The molecule has 1 aliphatic heterocycles. The Kier molecular flexibility index (Phi) is 5.45. The summed E-state index contributed by atoms with van der Waals surface area (Å²) in [6.07, 6.45) is 2.86. The van der Waals surface area contributed by atoms with Crippen molar-refractivity contribution in [2.24, 2.45) is 0 Å². The molecule has 2 rings (SSSR count). The fourth-order valence-electron chi connectivity index (χ4n) is 2.07. The minimum Gasteiger partial charge on any atom is -0.352 e. The van der Waals surface area contributed by atoms with E-state index in [-0.39, 0.29) is 11.2 Å². The van der Waals surface area contributed by atoms with Crippen LogP contribution in [-0.4, -0.2) is 28.7 Å². The molecule has 1 saturated heterocycles. The normalized spacial score (nSPS) is 18.3. The van der Waals surface area contributed by atoms with Crippen molar-refractivity contribution >= 4 is 30.3 Å². The molecule has 0 aromatic heterocycles. The van der Waals surface area contributed by atoms with E-state index < -0.39 is 0 Å². The molecule has 4 heteroatoms. The van der Waals surface area contributed by atoms with Gasteiger partial charge in [-0.05, 0) is 36.3 Å². The molecular formula is C14H19NOS2.